The number of carbonyl (C=O) groups is 2. The Morgan fingerprint density at radius 3 is 2.38 bits per heavy atom. The Bertz CT molecular complexity index is 1530. The molecule has 42 heavy (non-hydrogen) atoms. The Morgan fingerprint density at radius 1 is 1.12 bits per heavy atom. The van der Waals surface area contributed by atoms with Crippen LogP contribution in [0.15, 0.2) is 36.4 Å². The minimum atomic E-state index is -1.59. The van der Waals surface area contributed by atoms with Crippen molar-refractivity contribution in [2.75, 3.05) is 19.0 Å². The highest BCUT2D eigenvalue weighted by Gasteiger charge is 2.27. The summed E-state index contributed by atoms with van der Waals surface area (Å²) in [6.07, 6.45) is -1.10. The highest BCUT2D eigenvalue weighted by atomic mass is 35.5. The van der Waals surface area contributed by atoms with Crippen molar-refractivity contribution in [3.05, 3.63) is 85.8 Å². The number of hydrogen-bond acceptors (Lipinski definition) is 8. The van der Waals surface area contributed by atoms with E-state index in [0.717, 1.165) is 11.0 Å². The number of benzene rings is 2. The van der Waals surface area contributed by atoms with E-state index in [2.05, 4.69) is 10.3 Å². The van der Waals surface area contributed by atoms with Crippen molar-refractivity contribution in [1.29, 1.82) is 0 Å². The van der Waals surface area contributed by atoms with Gasteiger partial charge in [0.1, 0.15) is 17.1 Å². The summed E-state index contributed by atoms with van der Waals surface area (Å²) in [6, 6.07) is 5.96. The van der Waals surface area contributed by atoms with Crippen molar-refractivity contribution in [3.8, 4) is 5.88 Å². The van der Waals surface area contributed by atoms with Gasteiger partial charge in [-0.15, -0.1) is 0 Å². The van der Waals surface area contributed by atoms with Crippen molar-refractivity contribution in [2.45, 2.75) is 39.3 Å². The minimum absolute atomic E-state index is 0.0225. The summed E-state index contributed by atoms with van der Waals surface area (Å²) < 4.78 is 53.7. The molecule has 0 atom stereocenters. The van der Waals surface area contributed by atoms with Gasteiger partial charge in [-0.3, -0.25) is 10.1 Å². The standard InChI is InChI=1S/C27H26ClF3N4O7/c1-27(2,3)42-26(38)34(10-9-20-22(35(39)40)7-8-23(33-20)41-4)13-15-19(6-5-16(28)24(15)31)32-21-12-18(30)17(29)11-14(21)25(36)37/h5-8,11-12,32H,9-10,13H2,1-4H3,(H,36,37). The number of anilines is 2. The van der Waals surface area contributed by atoms with Crippen LogP contribution in [0.25, 0.3) is 0 Å². The topological polar surface area (TPSA) is 144 Å². The largest absolute Gasteiger partial charge is 0.481 e. The van der Waals surface area contributed by atoms with E-state index in [-0.39, 0.29) is 46.5 Å². The van der Waals surface area contributed by atoms with Crippen molar-refractivity contribution in [2.24, 2.45) is 0 Å². The molecule has 1 aromatic heterocycles. The van der Waals surface area contributed by atoms with Gasteiger partial charge in [-0.05, 0) is 39.0 Å². The monoisotopic (exact) mass is 610 g/mol. The molecule has 15 heteroatoms. The van der Waals surface area contributed by atoms with Gasteiger partial charge in [0.05, 0.1) is 34.9 Å². The molecule has 1 amide bonds. The predicted molar refractivity (Wildman–Crippen MR) is 146 cm³/mol. The normalized spacial score (nSPS) is 11.1. The zero-order valence-corrected chi connectivity index (χ0v) is 23.6. The van der Waals surface area contributed by atoms with Crippen molar-refractivity contribution in [3.63, 3.8) is 0 Å². The van der Waals surface area contributed by atoms with Crippen LogP contribution in [0.1, 0.15) is 42.4 Å². The molecule has 0 bridgehead atoms. The van der Waals surface area contributed by atoms with E-state index >= 15 is 4.39 Å². The lowest BCUT2D eigenvalue weighted by Gasteiger charge is -2.28. The highest BCUT2D eigenvalue weighted by Crippen LogP contribution is 2.32. The number of ether oxygens (including phenoxy) is 2. The number of hydrogen-bond donors (Lipinski definition) is 2. The molecule has 0 saturated heterocycles. The summed E-state index contributed by atoms with van der Waals surface area (Å²) in [4.78, 5) is 40.9. The molecule has 0 unspecified atom stereocenters. The molecule has 1 heterocycles. The van der Waals surface area contributed by atoms with E-state index in [1.54, 1.807) is 20.8 Å². The number of methoxy groups -OCH3 is 1. The predicted octanol–water partition coefficient (Wildman–Crippen LogP) is 6.49. The molecular weight excluding hydrogens is 585 g/mol. The summed E-state index contributed by atoms with van der Waals surface area (Å²) in [5, 5.41) is 23.3. The quantitative estimate of drug-likeness (QED) is 0.194. The molecule has 0 radical (unpaired) electrons. The number of pyridine rings is 1. The molecule has 224 valence electrons. The Labute approximate surface area is 243 Å². The van der Waals surface area contributed by atoms with Gasteiger partial charge >= 0.3 is 12.1 Å². The fourth-order valence-corrected chi connectivity index (χ4v) is 3.94. The Morgan fingerprint density at radius 2 is 1.79 bits per heavy atom. The number of carboxylic acid groups (broad SMARTS) is 1. The van der Waals surface area contributed by atoms with Gasteiger partial charge in [-0.2, -0.15) is 0 Å². The number of nitrogens with one attached hydrogen (secondary N) is 1. The third-order valence-electron chi connectivity index (χ3n) is 5.71. The molecule has 2 N–H and O–H groups in total. The molecule has 2 aromatic carbocycles. The number of aromatic carboxylic acids is 1. The van der Waals surface area contributed by atoms with Crippen molar-refractivity contribution >= 4 is 40.7 Å². The van der Waals surface area contributed by atoms with E-state index in [4.69, 9.17) is 21.1 Å². The molecule has 0 aliphatic heterocycles. The number of halogens is 4. The zero-order valence-electron chi connectivity index (χ0n) is 22.8. The first kappa shape index (κ1) is 31.9. The lowest BCUT2D eigenvalue weighted by Crippen LogP contribution is -2.38. The van der Waals surface area contributed by atoms with E-state index in [9.17, 15) is 33.6 Å². The van der Waals surface area contributed by atoms with Crippen LogP contribution in [0, 0.1) is 27.6 Å². The average molecular weight is 611 g/mol. The van der Waals surface area contributed by atoms with Gasteiger partial charge in [-0.1, -0.05) is 11.6 Å². The van der Waals surface area contributed by atoms with Crippen LogP contribution >= 0.6 is 11.6 Å². The van der Waals surface area contributed by atoms with Crippen LogP contribution in [0.5, 0.6) is 5.88 Å². The van der Waals surface area contributed by atoms with Crippen molar-refractivity contribution < 1.29 is 42.3 Å². The third-order valence-corrected chi connectivity index (χ3v) is 6.00. The van der Waals surface area contributed by atoms with E-state index in [1.165, 1.54) is 25.3 Å². The summed E-state index contributed by atoms with van der Waals surface area (Å²) in [7, 11) is 1.32. The Kier molecular flexibility index (Phi) is 9.83. The van der Waals surface area contributed by atoms with Crippen LogP contribution in [-0.2, 0) is 17.7 Å². The number of carbonyl (C=O) groups excluding carboxylic acids is 1. The first-order valence-electron chi connectivity index (χ1n) is 12.2. The van der Waals surface area contributed by atoms with E-state index in [0.29, 0.717) is 12.1 Å². The fourth-order valence-electron chi connectivity index (χ4n) is 3.77. The van der Waals surface area contributed by atoms with Crippen LogP contribution in [-0.4, -0.2) is 51.2 Å². The summed E-state index contributed by atoms with van der Waals surface area (Å²) in [5.41, 5.74) is -2.76. The van der Waals surface area contributed by atoms with Crippen molar-refractivity contribution in [1.82, 2.24) is 9.88 Å². The maximum atomic E-state index is 15.4. The molecule has 0 fully saturated rings. The lowest BCUT2D eigenvalue weighted by atomic mass is 10.1. The average Bonchev–Trinajstić information content (AvgIpc) is 2.90. The molecule has 0 spiro atoms. The number of carboxylic acids is 1. The van der Waals surface area contributed by atoms with Gasteiger partial charge in [0, 0.05) is 42.4 Å². The molecule has 3 rings (SSSR count). The van der Waals surface area contributed by atoms with E-state index < -0.39 is 57.8 Å². The zero-order chi connectivity index (χ0) is 31.4. The van der Waals surface area contributed by atoms with Gasteiger partial charge in [-0.25, -0.2) is 27.7 Å². The minimum Gasteiger partial charge on any atom is -0.481 e. The smallest absolute Gasteiger partial charge is 0.410 e. The SMILES string of the molecule is COc1ccc([N+](=O)[O-])c(CCN(Cc2c(Nc3cc(F)c(F)cc3C(=O)O)ccc(Cl)c2F)C(=O)OC(C)(C)C)n1. The fraction of sp³-hybridized carbons (Fsp3) is 0.296. The first-order chi connectivity index (χ1) is 19.6. The molecule has 0 saturated carbocycles. The number of nitro groups is 1. The second-order valence-corrected chi connectivity index (χ2v) is 10.3. The summed E-state index contributed by atoms with van der Waals surface area (Å²) in [6.45, 7) is 4.00. The van der Waals surface area contributed by atoms with Gasteiger partial charge in [0.2, 0.25) is 5.88 Å². The molecule has 0 aliphatic rings. The maximum Gasteiger partial charge on any atom is 0.410 e. The summed E-state index contributed by atoms with van der Waals surface area (Å²) in [5.74, 6) is -5.26. The number of amides is 1. The maximum absolute atomic E-state index is 15.4. The third kappa shape index (κ3) is 7.78. The molecule has 11 nitrogen and oxygen atoms in total. The van der Waals surface area contributed by atoms with Gasteiger partial charge in [0.25, 0.3) is 5.69 Å². The van der Waals surface area contributed by atoms with Crippen LogP contribution in [0.3, 0.4) is 0 Å². The Balaban J connectivity index is 2.05. The van der Waals surface area contributed by atoms with Crippen LogP contribution in [0.2, 0.25) is 5.02 Å². The first-order valence-corrected chi connectivity index (χ1v) is 12.6. The molecular formula is C27H26ClF3N4O7. The molecule has 3 aromatic rings. The number of nitrogens with zero attached hydrogens (tertiary/aromatic N) is 3. The van der Waals surface area contributed by atoms with Gasteiger partial charge in [0.15, 0.2) is 11.6 Å². The highest BCUT2D eigenvalue weighted by molar-refractivity contribution is 6.30. The van der Waals surface area contributed by atoms with Gasteiger partial charge < -0.3 is 24.8 Å². The van der Waals surface area contributed by atoms with Crippen LogP contribution in [0.4, 0.5) is 35.0 Å². The number of rotatable bonds is 10. The summed E-state index contributed by atoms with van der Waals surface area (Å²) >= 11 is 6.01. The second kappa shape index (κ2) is 12.9. The van der Waals surface area contributed by atoms with Crippen LogP contribution < -0.4 is 10.1 Å². The molecule has 0 aliphatic carbocycles. The van der Waals surface area contributed by atoms with E-state index in [1.807, 2.05) is 0 Å². The lowest BCUT2D eigenvalue weighted by molar-refractivity contribution is -0.386. The Hall–Kier alpha value is -4.59. The number of aromatic nitrogens is 1. The second-order valence-electron chi connectivity index (χ2n) is 9.86.